The lowest BCUT2D eigenvalue weighted by atomic mass is 10.1. The number of aromatic nitrogens is 1. The third-order valence-electron chi connectivity index (χ3n) is 4.93. The second kappa shape index (κ2) is 10.3. The number of rotatable bonds is 8. The molecular formula is C24H24N4O6. The van der Waals surface area contributed by atoms with Gasteiger partial charge in [0.05, 0.1) is 23.9 Å². The zero-order valence-electron chi connectivity index (χ0n) is 18.8. The number of carbonyl (C=O) groups is 3. The topological polar surface area (TPSA) is 142 Å². The number of hydrogen-bond acceptors (Lipinski definition) is 5. The third kappa shape index (κ3) is 5.60. The number of hydrogen-bond donors (Lipinski definition) is 4. The van der Waals surface area contributed by atoms with Gasteiger partial charge in [0.1, 0.15) is 5.75 Å². The molecule has 0 saturated carbocycles. The van der Waals surface area contributed by atoms with Gasteiger partial charge in [-0.15, -0.1) is 0 Å². The summed E-state index contributed by atoms with van der Waals surface area (Å²) in [6, 6.07) is 12.1. The van der Waals surface area contributed by atoms with E-state index in [2.05, 4.69) is 15.8 Å². The first-order valence-electron chi connectivity index (χ1n) is 10.3. The van der Waals surface area contributed by atoms with Gasteiger partial charge >= 0.3 is 18.0 Å². The van der Waals surface area contributed by atoms with E-state index in [0.29, 0.717) is 35.0 Å². The molecule has 2 amide bonds. The van der Waals surface area contributed by atoms with Gasteiger partial charge in [-0.3, -0.25) is 0 Å². The fourth-order valence-corrected chi connectivity index (χ4v) is 3.42. The quantitative estimate of drug-likeness (QED) is 0.293. The molecule has 0 aliphatic carbocycles. The van der Waals surface area contributed by atoms with Crippen LogP contribution in [0.5, 0.6) is 5.75 Å². The fourth-order valence-electron chi connectivity index (χ4n) is 3.42. The van der Waals surface area contributed by atoms with E-state index in [1.807, 2.05) is 6.92 Å². The second-order valence-electron chi connectivity index (χ2n) is 7.32. The van der Waals surface area contributed by atoms with Crippen molar-refractivity contribution in [2.45, 2.75) is 20.8 Å². The van der Waals surface area contributed by atoms with E-state index in [-0.39, 0.29) is 11.1 Å². The smallest absolute Gasteiger partial charge is 0.339 e. The van der Waals surface area contributed by atoms with Gasteiger partial charge in [-0.2, -0.15) is 5.10 Å². The summed E-state index contributed by atoms with van der Waals surface area (Å²) in [4.78, 5) is 35.0. The number of urea groups is 1. The summed E-state index contributed by atoms with van der Waals surface area (Å²) >= 11 is 0. The predicted molar refractivity (Wildman–Crippen MR) is 127 cm³/mol. The molecule has 1 heterocycles. The van der Waals surface area contributed by atoms with Crippen molar-refractivity contribution in [1.82, 2.24) is 9.99 Å². The molecule has 0 unspecified atom stereocenters. The monoisotopic (exact) mass is 464 g/mol. The van der Waals surface area contributed by atoms with Crippen LogP contribution in [-0.4, -0.2) is 45.6 Å². The zero-order chi connectivity index (χ0) is 24.8. The maximum Gasteiger partial charge on any atom is 0.339 e. The molecule has 176 valence electrons. The van der Waals surface area contributed by atoms with E-state index in [1.165, 1.54) is 18.3 Å². The van der Waals surface area contributed by atoms with Crippen molar-refractivity contribution in [3.05, 3.63) is 76.6 Å². The van der Waals surface area contributed by atoms with Crippen LogP contribution >= 0.6 is 0 Å². The predicted octanol–water partition coefficient (Wildman–Crippen LogP) is 4.04. The fraction of sp³-hybridized carbons (Fsp3) is 0.167. The molecule has 3 rings (SSSR count). The Morgan fingerprint density at radius 2 is 1.62 bits per heavy atom. The Hall–Kier alpha value is -4.60. The van der Waals surface area contributed by atoms with Gasteiger partial charge in [0, 0.05) is 28.3 Å². The normalized spacial score (nSPS) is 10.8. The second-order valence-corrected chi connectivity index (χ2v) is 7.32. The van der Waals surface area contributed by atoms with Crippen molar-refractivity contribution in [1.29, 1.82) is 0 Å². The molecule has 2 aromatic carbocycles. The first-order valence-corrected chi connectivity index (χ1v) is 10.3. The summed E-state index contributed by atoms with van der Waals surface area (Å²) in [5.41, 5.74) is 5.17. The van der Waals surface area contributed by atoms with Gasteiger partial charge < -0.3 is 24.8 Å². The van der Waals surface area contributed by atoms with Gasteiger partial charge in [0.15, 0.2) is 0 Å². The highest BCUT2D eigenvalue weighted by molar-refractivity contribution is 5.95. The van der Waals surface area contributed by atoms with Crippen molar-refractivity contribution in [2.75, 3.05) is 11.9 Å². The lowest BCUT2D eigenvalue weighted by Gasteiger charge is -2.12. The molecule has 0 spiro atoms. The number of carbonyl (C=O) groups excluding carboxylic acids is 1. The van der Waals surface area contributed by atoms with Crippen molar-refractivity contribution in [3.63, 3.8) is 0 Å². The summed E-state index contributed by atoms with van der Waals surface area (Å²) in [7, 11) is 0. The van der Waals surface area contributed by atoms with Gasteiger partial charge in [0.2, 0.25) is 0 Å². The van der Waals surface area contributed by atoms with Crippen LogP contribution in [-0.2, 0) is 0 Å². The van der Waals surface area contributed by atoms with Crippen molar-refractivity contribution in [2.24, 2.45) is 5.10 Å². The number of aryl methyl sites for hydroxylation is 1. The molecule has 3 aromatic rings. The average molecular weight is 464 g/mol. The maximum absolute atomic E-state index is 12.1. The van der Waals surface area contributed by atoms with Crippen LogP contribution in [0.15, 0.2) is 53.6 Å². The minimum absolute atomic E-state index is 0.134. The highest BCUT2D eigenvalue weighted by Gasteiger charge is 2.16. The molecule has 0 bridgehead atoms. The van der Waals surface area contributed by atoms with E-state index in [0.717, 1.165) is 11.8 Å². The van der Waals surface area contributed by atoms with Crippen LogP contribution < -0.4 is 15.5 Å². The Balaban J connectivity index is 1.76. The van der Waals surface area contributed by atoms with Gasteiger partial charge in [-0.05, 0) is 69.3 Å². The minimum atomic E-state index is -1.23. The molecule has 0 aliphatic rings. The van der Waals surface area contributed by atoms with Crippen LogP contribution in [0.4, 0.5) is 10.5 Å². The summed E-state index contributed by atoms with van der Waals surface area (Å²) in [5, 5.41) is 25.3. The zero-order valence-corrected chi connectivity index (χ0v) is 18.8. The summed E-state index contributed by atoms with van der Waals surface area (Å²) < 4.78 is 7.08. The standard InChI is InChI=1S/C24H24N4O6/c1-4-34-21-7-5-19(6-8-21)26-24(33)27-25-13-18-9-14(2)28(15(18)3)20-11-16(22(29)30)10-17(12-20)23(31)32/h5-13H,4H2,1-3H3,(H,29,30)(H,31,32)(H2,26,27,33)/b25-13+. The van der Waals surface area contributed by atoms with Crippen LogP contribution in [0, 0.1) is 13.8 Å². The van der Waals surface area contributed by atoms with Gasteiger partial charge in [0.25, 0.3) is 0 Å². The molecule has 0 fully saturated rings. The van der Waals surface area contributed by atoms with E-state index in [4.69, 9.17) is 4.74 Å². The number of nitrogens with one attached hydrogen (secondary N) is 2. The highest BCUT2D eigenvalue weighted by Crippen LogP contribution is 2.22. The molecule has 10 heteroatoms. The maximum atomic E-state index is 12.1. The van der Waals surface area contributed by atoms with Crippen molar-refractivity contribution in [3.8, 4) is 11.4 Å². The van der Waals surface area contributed by atoms with Crippen LogP contribution in [0.3, 0.4) is 0 Å². The Labute approximate surface area is 195 Å². The van der Waals surface area contributed by atoms with E-state index >= 15 is 0 Å². The first kappa shape index (κ1) is 24.1. The first-order chi connectivity index (χ1) is 16.2. The summed E-state index contributed by atoms with van der Waals surface area (Å²) in [6.07, 6.45) is 1.45. The molecule has 0 saturated heterocycles. The molecular weight excluding hydrogens is 440 g/mol. The Morgan fingerprint density at radius 1 is 1.00 bits per heavy atom. The number of carboxylic acid groups (broad SMARTS) is 2. The van der Waals surface area contributed by atoms with Crippen molar-refractivity contribution < 1.29 is 29.3 Å². The SMILES string of the molecule is CCOc1ccc(NC(=O)N/N=C/c2cc(C)n(-c3cc(C(=O)O)cc(C(=O)O)c3)c2C)cc1. The van der Waals surface area contributed by atoms with Crippen LogP contribution in [0.2, 0.25) is 0 Å². The van der Waals surface area contributed by atoms with E-state index < -0.39 is 18.0 Å². The number of benzene rings is 2. The van der Waals surface area contributed by atoms with Crippen LogP contribution in [0.1, 0.15) is 44.6 Å². The number of carboxylic acids is 2. The number of hydrazone groups is 1. The molecule has 4 N–H and O–H groups in total. The Bertz CT molecular complexity index is 1230. The van der Waals surface area contributed by atoms with Gasteiger partial charge in [-0.1, -0.05) is 0 Å². The number of nitrogens with zero attached hydrogens (tertiary/aromatic N) is 2. The molecule has 0 aliphatic heterocycles. The number of aromatic carboxylic acids is 2. The van der Waals surface area contributed by atoms with Crippen LogP contribution in [0.25, 0.3) is 5.69 Å². The Morgan fingerprint density at radius 3 is 2.18 bits per heavy atom. The molecule has 10 nitrogen and oxygen atoms in total. The Kier molecular flexibility index (Phi) is 7.32. The lowest BCUT2D eigenvalue weighted by Crippen LogP contribution is -2.24. The number of anilines is 1. The molecule has 0 radical (unpaired) electrons. The third-order valence-corrected chi connectivity index (χ3v) is 4.93. The largest absolute Gasteiger partial charge is 0.494 e. The van der Waals surface area contributed by atoms with E-state index in [9.17, 15) is 24.6 Å². The molecule has 1 aromatic heterocycles. The minimum Gasteiger partial charge on any atom is -0.494 e. The van der Waals surface area contributed by atoms with Gasteiger partial charge in [-0.25, -0.2) is 19.8 Å². The molecule has 0 atom stereocenters. The van der Waals surface area contributed by atoms with E-state index in [1.54, 1.807) is 48.7 Å². The summed E-state index contributed by atoms with van der Waals surface area (Å²) in [5.74, 6) is -1.75. The highest BCUT2D eigenvalue weighted by atomic mass is 16.5. The molecule has 34 heavy (non-hydrogen) atoms. The lowest BCUT2D eigenvalue weighted by molar-refractivity contribution is 0.0696. The number of amides is 2. The average Bonchev–Trinajstić information content (AvgIpc) is 3.07. The summed E-state index contributed by atoms with van der Waals surface area (Å²) in [6.45, 7) is 6.01. The number of ether oxygens (including phenoxy) is 1. The van der Waals surface area contributed by atoms with Crippen molar-refractivity contribution >= 4 is 29.9 Å².